The van der Waals surface area contributed by atoms with Crippen LogP contribution in [0.25, 0.3) is 0 Å². The highest BCUT2D eigenvalue weighted by molar-refractivity contribution is 6.33. The Morgan fingerprint density at radius 3 is 2.47 bits per heavy atom. The van der Waals surface area contributed by atoms with E-state index in [0.717, 1.165) is 0 Å². The number of amides is 1. The Labute approximate surface area is 106 Å². The number of pyridine rings is 1. The second-order valence-electron chi connectivity index (χ2n) is 3.08. The molecule has 1 amide bonds. The van der Waals surface area contributed by atoms with Gasteiger partial charge in [0.15, 0.2) is 0 Å². The highest BCUT2D eigenvalue weighted by Crippen LogP contribution is 2.16. The number of carbonyl (C=O) groups excluding carboxylic acids is 1. The van der Waals surface area contributed by atoms with Crippen molar-refractivity contribution in [3.8, 4) is 0 Å². The first-order valence-electron chi connectivity index (χ1n) is 4.49. The molecule has 0 unspecified atom stereocenters. The number of rotatable bonds is 2. The van der Waals surface area contributed by atoms with Crippen molar-refractivity contribution in [1.29, 1.82) is 0 Å². The van der Waals surface area contributed by atoms with Crippen LogP contribution in [0.5, 0.6) is 0 Å². The molecule has 0 fully saturated rings. The summed E-state index contributed by atoms with van der Waals surface area (Å²) in [6.07, 6.45) is 0. The van der Waals surface area contributed by atoms with Crippen LogP contribution in [0, 0.1) is 6.92 Å². The van der Waals surface area contributed by atoms with Gasteiger partial charge in [-0.3, -0.25) is 10.1 Å². The molecule has 0 atom stereocenters. The fourth-order valence-corrected chi connectivity index (χ4v) is 1.57. The molecule has 1 N–H and O–H groups in total. The summed E-state index contributed by atoms with van der Waals surface area (Å²) in [5.74, 6) is -0.106. The molecule has 0 saturated carbocycles. The summed E-state index contributed by atoms with van der Waals surface area (Å²) in [5.41, 5.74) is 0.255. The molecule has 0 aliphatic carbocycles. The van der Waals surface area contributed by atoms with Crippen LogP contribution >= 0.6 is 23.2 Å². The van der Waals surface area contributed by atoms with Gasteiger partial charge in [-0.05, 0) is 12.1 Å². The number of anilines is 1. The largest absolute Gasteiger partial charge is 0.408 e. The highest BCUT2D eigenvalue weighted by atomic mass is 35.5. The zero-order chi connectivity index (χ0) is 12.4. The zero-order valence-corrected chi connectivity index (χ0v) is 10.1. The lowest BCUT2D eigenvalue weighted by Crippen LogP contribution is -2.12. The van der Waals surface area contributed by atoms with Gasteiger partial charge in [-0.1, -0.05) is 28.3 Å². The van der Waals surface area contributed by atoms with Crippen molar-refractivity contribution in [2.75, 3.05) is 5.32 Å². The van der Waals surface area contributed by atoms with E-state index in [0.29, 0.717) is 5.89 Å². The van der Waals surface area contributed by atoms with Gasteiger partial charge in [0.25, 0.3) is 5.91 Å². The van der Waals surface area contributed by atoms with E-state index >= 15 is 0 Å². The van der Waals surface area contributed by atoms with Crippen LogP contribution in [0.4, 0.5) is 6.01 Å². The molecular weight excluding hydrogens is 267 g/mol. The third-order valence-electron chi connectivity index (χ3n) is 1.77. The van der Waals surface area contributed by atoms with Gasteiger partial charge >= 0.3 is 6.01 Å². The Hall–Kier alpha value is -1.66. The van der Waals surface area contributed by atoms with Crippen molar-refractivity contribution in [3.63, 3.8) is 0 Å². The molecule has 2 aromatic rings. The van der Waals surface area contributed by atoms with E-state index in [-0.39, 0.29) is 21.9 Å². The van der Waals surface area contributed by atoms with Crippen molar-refractivity contribution >= 4 is 35.1 Å². The normalized spacial score (nSPS) is 10.3. The van der Waals surface area contributed by atoms with Crippen LogP contribution < -0.4 is 5.32 Å². The number of carbonyl (C=O) groups is 1. The number of nitrogens with one attached hydrogen (secondary N) is 1. The van der Waals surface area contributed by atoms with Gasteiger partial charge in [-0.15, -0.1) is 5.10 Å². The fourth-order valence-electron chi connectivity index (χ4n) is 1.11. The van der Waals surface area contributed by atoms with Crippen LogP contribution in [0.15, 0.2) is 16.5 Å². The minimum atomic E-state index is -0.458. The monoisotopic (exact) mass is 272 g/mol. The Morgan fingerprint density at radius 1 is 1.29 bits per heavy atom. The first kappa shape index (κ1) is 11.8. The summed E-state index contributed by atoms with van der Waals surface area (Å²) in [6.45, 7) is 1.61. The van der Waals surface area contributed by atoms with Crippen molar-refractivity contribution in [1.82, 2.24) is 15.2 Å². The smallest absolute Gasteiger partial charge is 0.322 e. The lowest BCUT2D eigenvalue weighted by atomic mass is 10.2. The summed E-state index contributed by atoms with van der Waals surface area (Å²) in [7, 11) is 0. The Balaban J connectivity index is 2.19. The molecule has 0 aromatic carbocycles. The molecule has 6 nitrogen and oxygen atoms in total. The Morgan fingerprint density at radius 2 is 1.94 bits per heavy atom. The quantitative estimate of drug-likeness (QED) is 0.849. The number of hydrogen-bond donors (Lipinski definition) is 1. The van der Waals surface area contributed by atoms with E-state index in [1.54, 1.807) is 6.92 Å². The first-order chi connectivity index (χ1) is 8.04. The van der Waals surface area contributed by atoms with E-state index < -0.39 is 5.91 Å². The summed E-state index contributed by atoms with van der Waals surface area (Å²) in [6, 6.07) is 2.77. The molecule has 88 valence electrons. The maximum atomic E-state index is 11.7. The molecule has 0 radical (unpaired) electrons. The molecule has 0 aliphatic rings. The molecule has 2 rings (SSSR count). The second kappa shape index (κ2) is 4.68. The van der Waals surface area contributed by atoms with Crippen molar-refractivity contribution in [2.45, 2.75) is 6.92 Å². The van der Waals surface area contributed by atoms with Gasteiger partial charge in [0.1, 0.15) is 10.3 Å². The summed E-state index contributed by atoms with van der Waals surface area (Å²) < 4.78 is 5.00. The summed E-state index contributed by atoms with van der Waals surface area (Å²) in [5, 5.41) is 9.87. The van der Waals surface area contributed by atoms with Crippen LogP contribution in [0.1, 0.15) is 16.2 Å². The fraction of sp³-hybridized carbons (Fsp3) is 0.111. The van der Waals surface area contributed by atoms with Gasteiger partial charge in [-0.2, -0.15) is 0 Å². The maximum Gasteiger partial charge on any atom is 0.322 e. The molecule has 8 heteroatoms. The topological polar surface area (TPSA) is 80.9 Å². The van der Waals surface area contributed by atoms with Gasteiger partial charge in [-0.25, -0.2) is 4.98 Å². The lowest BCUT2D eigenvalue weighted by Gasteiger charge is -2.01. The molecule has 2 aromatic heterocycles. The predicted molar refractivity (Wildman–Crippen MR) is 61.2 cm³/mol. The van der Waals surface area contributed by atoms with Gasteiger partial charge < -0.3 is 4.42 Å². The van der Waals surface area contributed by atoms with Crippen molar-refractivity contribution < 1.29 is 9.21 Å². The average Bonchev–Trinajstić information content (AvgIpc) is 2.62. The molecule has 0 spiro atoms. The minimum absolute atomic E-state index is 0.0107. The number of nitrogens with zero attached hydrogens (tertiary/aromatic N) is 3. The molecule has 0 bridgehead atoms. The highest BCUT2D eigenvalue weighted by Gasteiger charge is 2.12. The van der Waals surface area contributed by atoms with Crippen LogP contribution in [0.2, 0.25) is 10.3 Å². The standard InChI is InChI=1S/C9H6Cl2N4O2/c1-4-14-15-9(17-4)13-8(16)5-2-6(10)12-7(11)3-5/h2-3H,1H3,(H,13,15,16). The van der Waals surface area contributed by atoms with Crippen molar-refractivity contribution in [2.24, 2.45) is 0 Å². The summed E-state index contributed by atoms with van der Waals surface area (Å²) in [4.78, 5) is 15.5. The van der Waals surface area contributed by atoms with Crippen molar-refractivity contribution in [3.05, 3.63) is 33.9 Å². The Kier molecular flexibility index (Phi) is 3.26. The predicted octanol–water partition coefficient (Wildman–Crippen LogP) is 2.33. The third-order valence-corrected chi connectivity index (χ3v) is 2.16. The lowest BCUT2D eigenvalue weighted by molar-refractivity contribution is 0.102. The zero-order valence-electron chi connectivity index (χ0n) is 8.57. The molecule has 2 heterocycles. The third kappa shape index (κ3) is 2.92. The minimum Gasteiger partial charge on any atom is -0.408 e. The Bertz CT molecular complexity index is 550. The average molecular weight is 273 g/mol. The number of hydrogen-bond acceptors (Lipinski definition) is 5. The number of aryl methyl sites for hydroxylation is 1. The molecule has 0 aliphatic heterocycles. The van der Waals surface area contributed by atoms with E-state index in [9.17, 15) is 4.79 Å². The number of halogens is 2. The van der Waals surface area contributed by atoms with Crippen LogP contribution in [0.3, 0.4) is 0 Å². The van der Waals surface area contributed by atoms with E-state index in [1.807, 2.05) is 0 Å². The van der Waals surface area contributed by atoms with Crippen LogP contribution in [-0.2, 0) is 0 Å². The van der Waals surface area contributed by atoms with E-state index in [4.69, 9.17) is 27.6 Å². The first-order valence-corrected chi connectivity index (χ1v) is 5.25. The molecule has 17 heavy (non-hydrogen) atoms. The molecular formula is C9H6Cl2N4O2. The van der Waals surface area contributed by atoms with E-state index in [1.165, 1.54) is 12.1 Å². The second-order valence-corrected chi connectivity index (χ2v) is 3.86. The SMILES string of the molecule is Cc1nnc(NC(=O)c2cc(Cl)nc(Cl)c2)o1. The van der Waals surface area contributed by atoms with Crippen LogP contribution in [-0.4, -0.2) is 21.1 Å². The summed E-state index contributed by atoms with van der Waals surface area (Å²) >= 11 is 11.3. The van der Waals surface area contributed by atoms with Gasteiger partial charge in [0.2, 0.25) is 5.89 Å². The maximum absolute atomic E-state index is 11.7. The number of aromatic nitrogens is 3. The van der Waals surface area contributed by atoms with E-state index in [2.05, 4.69) is 20.5 Å². The van der Waals surface area contributed by atoms with Gasteiger partial charge in [0, 0.05) is 12.5 Å². The van der Waals surface area contributed by atoms with Gasteiger partial charge in [0.05, 0.1) is 0 Å². The molecule has 0 saturated heterocycles.